The average Bonchev–Trinajstić information content (AvgIpc) is 2.82. The molecule has 9 nitrogen and oxygen atoms in total. The van der Waals surface area contributed by atoms with Crippen molar-refractivity contribution < 1.29 is 14.3 Å². The Balaban J connectivity index is 1.73. The van der Waals surface area contributed by atoms with E-state index in [1.807, 2.05) is 6.92 Å². The van der Waals surface area contributed by atoms with Gasteiger partial charge in [-0.25, -0.2) is 15.0 Å². The van der Waals surface area contributed by atoms with Gasteiger partial charge in [-0.15, -0.1) is 0 Å². The van der Waals surface area contributed by atoms with Gasteiger partial charge in [-0.05, 0) is 58.2 Å². The number of aromatic nitrogens is 2. The number of hydrogen-bond donors (Lipinski definition) is 2. The summed E-state index contributed by atoms with van der Waals surface area (Å²) >= 11 is 0. The first-order valence-corrected chi connectivity index (χ1v) is 10.5. The smallest absolute Gasteiger partial charge is 0.262 e. The Bertz CT molecular complexity index is 999. The van der Waals surface area contributed by atoms with Crippen molar-refractivity contribution in [3.8, 4) is 17.4 Å². The van der Waals surface area contributed by atoms with Crippen molar-refractivity contribution in [3.63, 3.8) is 0 Å². The molecule has 2 aromatic rings. The summed E-state index contributed by atoms with van der Waals surface area (Å²) in [6.45, 7) is 9.45. The molecule has 3 heterocycles. The van der Waals surface area contributed by atoms with Gasteiger partial charge in [0.2, 0.25) is 5.91 Å². The number of carbonyl (C=O) groups is 1. The van der Waals surface area contributed by atoms with E-state index in [1.54, 1.807) is 43.7 Å². The molecule has 0 aliphatic carbocycles. The molecular weight excluding hydrogens is 408 g/mol. The number of hydrogen-bond acceptors (Lipinski definition) is 7. The summed E-state index contributed by atoms with van der Waals surface area (Å²) in [6, 6.07) is 5.41. The molecule has 0 saturated carbocycles. The van der Waals surface area contributed by atoms with E-state index in [0.29, 0.717) is 41.0 Å². The normalized spacial score (nSPS) is 16.9. The fourth-order valence-corrected chi connectivity index (χ4v) is 3.12. The highest BCUT2D eigenvalue weighted by atomic mass is 16.5. The Kier molecular flexibility index (Phi) is 8.44. The maximum absolute atomic E-state index is 12.4. The van der Waals surface area contributed by atoms with Gasteiger partial charge < -0.3 is 20.1 Å². The van der Waals surface area contributed by atoms with Crippen LogP contribution in [0, 0.1) is 0 Å². The fourth-order valence-electron chi connectivity index (χ4n) is 3.12. The van der Waals surface area contributed by atoms with E-state index in [2.05, 4.69) is 37.3 Å². The molecule has 1 fully saturated rings. The molecule has 1 saturated heterocycles. The highest BCUT2D eigenvalue weighted by Gasteiger charge is 2.16. The molecule has 0 unspecified atom stereocenters. The van der Waals surface area contributed by atoms with Crippen LogP contribution in [0.15, 0.2) is 58.5 Å². The third-order valence-corrected chi connectivity index (χ3v) is 4.74. The van der Waals surface area contributed by atoms with Crippen molar-refractivity contribution in [1.29, 1.82) is 0 Å². The van der Waals surface area contributed by atoms with Crippen LogP contribution in [0.2, 0.25) is 0 Å². The predicted molar refractivity (Wildman–Crippen MR) is 124 cm³/mol. The van der Waals surface area contributed by atoms with Gasteiger partial charge in [0.25, 0.3) is 5.88 Å². The zero-order valence-electron chi connectivity index (χ0n) is 18.4. The Morgan fingerprint density at radius 3 is 3.06 bits per heavy atom. The Morgan fingerprint density at radius 2 is 2.31 bits per heavy atom. The van der Waals surface area contributed by atoms with Crippen LogP contribution in [0.1, 0.15) is 32.3 Å². The van der Waals surface area contributed by atoms with Gasteiger partial charge in [0.05, 0.1) is 12.8 Å². The van der Waals surface area contributed by atoms with Crippen LogP contribution in [0.25, 0.3) is 0 Å². The first kappa shape index (κ1) is 23.1. The third kappa shape index (κ3) is 6.45. The molecule has 2 N–H and O–H groups in total. The first-order valence-electron chi connectivity index (χ1n) is 10.5. The van der Waals surface area contributed by atoms with Crippen molar-refractivity contribution in [2.45, 2.75) is 32.7 Å². The third-order valence-electron chi connectivity index (χ3n) is 4.74. The number of ether oxygens (including phenoxy) is 2. The molecule has 3 rings (SSSR count). The summed E-state index contributed by atoms with van der Waals surface area (Å²) in [5.74, 6) is 1.48. The van der Waals surface area contributed by atoms with E-state index in [1.165, 1.54) is 6.20 Å². The maximum atomic E-state index is 12.4. The standard InChI is InChI=1S/C23H28N6O3/c1-4-31-20-8-6-10-27-23(20)32-19-11-17(13-26-15-19)21(24-3)28-12-16(2)22(30)29-18-7-5-9-25-14-18/h6,8,10-13,15,18,25H,3-5,7,9,14H2,1-2H3,(H,29,30)/b16-12+,28-21?/t18-/m1/s1. The van der Waals surface area contributed by atoms with Crippen LogP contribution in [0.5, 0.6) is 17.4 Å². The van der Waals surface area contributed by atoms with Gasteiger partial charge >= 0.3 is 0 Å². The quantitative estimate of drug-likeness (QED) is 0.374. The number of pyridine rings is 2. The summed E-state index contributed by atoms with van der Waals surface area (Å²) in [6.07, 6.45) is 8.27. The Morgan fingerprint density at radius 1 is 1.44 bits per heavy atom. The number of amides is 1. The van der Waals surface area contributed by atoms with E-state index in [4.69, 9.17) is 9.47 Å². The summed E-state index contributed by atoms with van der Waals surface area (Å²) in [7, 11) is 0. The van der Waals surface area contributed by atoms with Gasteiger partial charge in [-0.2, -0.15) is 0 Å². The molecule has 32 heavy (non-hydrogen) atoms. The molecule has 0 radical (unpaired) electrons. The second kappa shape index (κ2) is 11.7. The van der Waals surface area contributed by atoms with Crippen molar-refractivity contribution in [3.05, 3.63) is 54.1 Å². The molecular formula is C23H28N6O3. The number of rotatable bonds is 8. The van der Waals surface area contributed by atoms with E-state index < -0.39 is 0 Å². The van der Waals surface area contributed by atoms with Crippen LogP contribution in [-0.2, 0) is 4.79 Å². The van der Waals surface area contributed by atoms with Gasteiger partial charge in [-0.3, -0.25) is 9.78 Å². The minimum Gasteiger partial charge on any atom is -0.488 e. The molecule has 0 aromatic carbocycles. The van der Waals surface area contributed by atoms with E-state index >= 15 is 0 Å². The molecule has 168 valence electrons. The second-order valence-corrected chi connectivity index (χ2v) is 7.19. The zero-order chi connectivity index (χ0) is 22.8. The number of piperidine rings is 1. The van der Waals surface area contributed by atoms with E-state index in [0.717, 1.165) is 25.9 Å². The average molecular weight is 437 g/mol. The fraction of sp³-hybridized carbons (Fsp3) is 0.348. The van der Waals surface area contributed by atoms with Crippen molar-refractivity contribution in [1.82, 2.24) is 20.6 Å². The zero-order valence-corrected chi connectivity index (χ0v) is 18.4. The number of amidine groups is 1. The summed E-state index contributed by atoms with van der Waals surface area (Å²) in [5, 5.41) is 6.29. The largest absolute Gasteiger partial charge is 0.488 e. The summed E-state index contributed by atoms with van der Waals surface area (Å²) in [5.41, 5.74) is 1.07. The van der Waals surface area contributed by atoms with Crippen LogP contribution < -0.4 is 20.1 Å². The molecule has 2 aromatic heterocycles. The van der Waals surface area contributed by atoms with Crippen molar-refractivity contribution in [2.24, 2.45) is 9.98 Å². The molecule has 1 aliphatic heterocycles. The van der Waals surface area contributed by atoms with E-state index in [9.17, 15) is 4.79 Å². The number of aliphatic imine (C=N–C) groups is 2. The lowest BCUT2D eigenvalue weighted by atomic mass is 10.1. The molecule has 1 amide bonds. The lowest BCUT2D eigenvalue weighted by molar-refractivity contribution is -0.118. The van der Waals surface area contributed by atoms with Crippen molar-refractivity contribution >= 4 is 18.5 Å². The summed E-state index contributed by atoms with van der Waals surface area (Å²) < 4.78 is 11.4. The Labute approximate surface area is 187 Å². The Hall–Kier alpha value is -3.59. The second-order valence-electron chi connectivity index (χ2n) is 7.19. The van der Waals surface area contributed by atoms with Crippen molar-refractivity contribution in [2.75, 3.05) is 19.7 Å². The van der Waals surface area contributed by atoms with Gasteiger partial charge in [0.1, 0.15) is 5.75 Å². The molecule has 0 spiro atoms. The van der Waals surface area contributed by atoms with Crippen LogP contribution in [-0.4, -0.2) is 54.2 Å². The molecule has 0 bridgehead atoms. The van der Waals surface area contributed by atoms with Crippen LogP contribution in [0.3, 0.4) is 0 Å². The lowest BCUT2D eigenvalue weighted by Crippen LogP contribution is -2.45. The van der Waals surface area contributed by atoms with E-state index in [-0.39, 0.29) is 11.9 Å². The van der Waals surface area contributed by atoms with Gasteiger partial charge in [0, 0.05) is 42.3 Å². The van der Waals surface area contributed by atoms with Gasteiger partial charge in [0.15, 0.2) is 11.6 Å². The molecule has 1 atom stereocenters. The number of nitrogens with zero attached hydrogens (tertiary/aromatic N) is 4. The predicted octanol–water partition coefficient (Wildman–Crippen LogP) is 2.89. The lowest BCUT2D eigenvalue weighted by Gasteiger charge is -2.23. The van der Waals surface area contributed by atoms with Crippen LogP contribution in [0.4, 0.5) is 0 Å². The first-order chi connectivity index (χ1) is 15.6. The SMILES string of the molecule is C=NC(=N/C=C(\C)C(=O)N[C@@H]1CCCNC1)c1cncc(Oc2ncccc2OCC)c1. The number of nitrogens with one attached hydrogen (secondary N) is 2. The minimum atomic E-state index is -0.153. The minimum absolute atomic E-state index is 0.131. The molecule has 9 heteroatoms. The molecule has 1 aliphatic rings. The van der Waals surface area contributed by atoms with Gasteiger partial charge in [-0.1, -0.05) is 0 Å². The van der Waals surface area contributed by atoms with Crippen LogP contribution >= 0.6 is 0 Å². The number of carbonyl (C=O) groups excluding carboxylic acids is 1. The maximum Gasteiger partial charge on any atom is 0.262 e. The highest BCUT2D eigenvalue weighted by molar-refractivity contribution is 6.02. The monoisotopic (exact) mass is 436 g/mol. The topological polar surface area (TPSA) is 110 Å². The summed E-state index contributed by atoms with van der Waals surface area (Å²) in [4.78, 5) is 29.1. The highest BCUT2D eigenvalue weighted by Crippen LogP contribution is 2.28.